The van der Waals surface area contributed by atoms with Crippen LogP contribution in [0.5, 0.6) is 5.75 Å². The normalized spacial score (nSPS) is 26.8. The van der Waals surface area contributed by atoms with Gasteiger partial charge in [-0.3, -0.25) is 0 Å². The molecular formula is C18H27NO2. The molecule has 116 valence electrons. The van der Waals surface area contributed by atoms with Crippen LogP contribution in [0.4, 0.5) is 0 Å². The number of hydrogen-bond donors (Lipinski definition) is 1. The number of benzene rings is 1. The van der Waals surface area contributed by atoms with E-state index in [4.69, 9.17) is 9.47 Å². The van der Waals surface area contributed by atoms with Crippen molar-refractivity contribution in [3.63, 3.8) is 0 Å². The van der Waals surface area contributed by atoms with Crippen molar-refractivity contribution in [2.75, 3.05) is 13.2 Å². The molecule has 1 saturated heterocycles. The van der Waals surface area contributed by atoms with Crippen LogP contribution in [-0.4, -0.2) is 25.4 Å². The number of ether oxygens (including phenoxy) is 2. The SMILES string of the molecule is CCCNC(c1ccc(OC2CC2)cc1)C1OCCC1C. The Bertz CT molecular complexity index is 441. The summed E-state index contributed by atoms with van der Waals surface area (Å²) >= 11 is 0. The molecular weight excluding hydrogens is 262 g/mol. The van der Waals surface area contributed by atoms with Crippen molar-refractivity contribution in [1.82, 2.24) is 5.32 Å². The third kappa shape index (κ3) is 3.78. The summed E-state index contributed by atoms with van der Waals surface area (Å²) in [5.41, 5.74) is 1.31. The number of nitrogens with one attached hydrogen (secondary N) is 1. The first kappa shape index (κ1) is 14.9. The zero-order valence-electron chi connectivity index (χ0n) is 13.2. The largest absolute Gasteiger partial charge is 0.490 e. The van der Waals surface area contributed by atoms with Crippen LogP contribution in [0.25, 0.3) is 0 Å². The van der Waals surface area contributed by atoms with E-state index in [0.29, 0.717) is 12.0 Å². The molecule has 1 N–H and O–H groups in total. The van der Waals surface area contributed by atoms with E-state index in [1.54, 1.807) is 0 Å². The molecule has 3 nitrogen and oxygen atoms in total. The van der Waals surface area contributed by atoms with E-state index in [-0.39, 0.29) is 12.1 Å². The van der Waals surface area contributed by atoms with Crippen molar-refractivity contribution in [3.05, 3.63) is 29.8 Å². The number of rotatable bonds is 7. The van der Waals surface area contributed by atoms with Gasteiger partial charge in [0.1, 0.15) is 5.75 Å². The lowest BCUT2D eigenvalue weighted by molar-refractivity contribution is 0.0607. The van der Waals surface area contributed by atoms with E-state index in [9.17, 15) is 0 Å². The monoisotopic (exact) mass is 289 g/mol. The zero-order valence-corrected chi connectivity index (χ0v) is 13.2. The molecule has 3 heteroatoms. The Morgan fingerprint density at radius 3 is 2.57 bits per heavy atom. The van der Waals surface area contributed by atoms with Gasteiger partial charge in [-0.15, -0.1) is 0 Å². The Hall–Kier alpha value is -1.06. The van der Waals surface area contributed by atoms with Crippen molar-refractivity contribution in [2.24, 2.45) is 5.92 Å². The maximum atomic E-state index is 5.99. The molecule has 0 bridgehead atoms. The summed E-state index contributed by atoms with van der Waals surface area (Å²) in [4.78, 5) is 0. The summed E-state index contributed by atoms with van der Waals surface area (Å²) in [6.45, 7) is 6.41. The molecule has 0 spiro atoms. The lowest BCUT2D eigenvalue weighted by Gasteiger charge is -2.27. The van der Waals surface area contributed by atoms with Gasteiger partial charge >= 0.3 is 0 Å². The van der Waals surface area contributed by atoms with Gasteiger partial charge in [-0.25, -0.2) is 0 Å². The average molecular weight is 289 g/mol. The molecule has 1 saturated carbocycles. The Kier molecular flexibility index (Phi) is 4.81. The summed E-state index contributed by atoms with van der Waals surface area (Å²) in [5, 5.41) is 3.66. The molecule has 21 heavy (non-hydrogen) atoms. The van der Waals surface area contributed by atoms with Crippen LogP contribution in [0.2, 0.25) is 0 Å². The fraction of sp³-hybridized carbons (Fsp3) is 0.667. The van der Waals surface area contributed by atoms with Crippen molar-refractivity contribution in [1.29, 1.82) is 0 Å². The average Bonchev–Trinajstić information content (AvgIpc) is 3.21. The van der Waals surface area contributed by atoms with Crippen LogP contribution in [-0.2, 0) is 4.74 Å². The van der Waals surface area contributed by atoms with Crippen molar-refractivity contribution < 1.29 is 9.47 Å². The smallest absolute Gasteiger partial charge is 0.119 e. The van der Waals surface area contributed by atoms with Gasteiger partial charge in [0.2, 0.25) is 0 Å². The molecule has 2 aliphatic rings. The van der Waals surface area contributed by atoms with Crippen LogP contribution < -0.4 is 10.1 Å². The van der Waals surface area contributed by atoms with Gasteiger partial charge in [0.15, 0.2) is 0 Å². The van der Waals surface area contributed by atoms with Crippen LogP contribution in [0.3, 0.4) is 0 Å². The van der Waals surface area contributed by atoms with Gasteiger partial charge < -0.3 is 14.8 Å². The second-order valence-corrected chi connectivity index (χ2v) is 6.42. The maximum Gasteiger partial charge on any atom is 0.119 e. The Morgan fingerprint density at radius 2 is 2.00 bits per heavy atom. The highest BCUT2D eigenvalue weighted by atomic mass is 16.5. The summed E-state index contributed by atoms with van der Waals surface area (Å²) < 4.78 is 11.8. The van der Waals surface area contributed by atoms with E-state index in [1.807, 2.05) is 0 Å². The quantitative estimate of drug-likeness (QED) is 0.830. The summed E-state index contributed by atoms with van der Waals surface area (Å²) in [5.74, 6) is 1.61. The molecule has 0 radical (unpaired) electrons. The molecule has 1 aromatic carbocycles. The molecule has 2 fully saturated rings. The summed E-state index contributed by atoms with van der Waals surface area (Å²) in [6.07, 6.45) is 5.46. The molecule has 3 atom stereocenters. The van der Waals surface area contributed by atoms with Crippen LogP contribution in [0.1, 0.15) is 51.1 Å². The van der Waals surface area contributed by atoms with Gasteiger partial charge in [-0.2, -0.15) is 0 Å². The second-order valence-electron chi connectivity index (χ2n) is 6.42. The van der Waals surface area contributed by atoms with Crippen LogP contribution in [0.15, 0.2) is 24.3 Å². The van der Waals surface area contributed by atoms with E-state index >= 15 is 0 Å². The fourth-order valence-corrected chi connectivity index (χ4v) is 3.00. The maximum absolute atomic E-state index is 5.99. The molecule has 3 unspecified atom stereocenters. The molecule has 1 aliphatic carbocycles. The van der Waals surface area contributed by atoms with Gasteiger partial charge in [-0.05, 0) is 55.8 Å². The van der Waals surface area contributed by atoms with Gasteiger partial charge in [0.25, 0.3) is 0 Å². The minimum absolute atomic E-state index is 0.284. The standard InChI is InChI=1S/C18H27NO2/c1-3-11-19-17(18-13(2)10-12-20-18)14-4-6-15(7-5-14)21-16-8-9-16/h4-7,13,16-19H,3,8-12H2,1-2H3. The highest BCUT2D eigenvalue weighted by Crippen LogP contribution is 2.33. The molecule has 1 aliphatic heterocycles. The topological polar surface area (TPSA) is 30.5 Å². The minimum Gasteiger partial charge on any atom is -0.490 e. The molecule has 3 rings (SSSR count). The Balaban J connectivity index is 1.71. The van der Waals surface area contributed by atoms with Gasteiger partial charge in [-0.1, -0.05) is 26.0 Å². The first-order valence-electron chi connectivity index (χ1n) is 8.39. The third-order valence-electron chi connectivity index (χ3n) is 4.45. The van der Waals surface area contributed by atoms with E-state index in [2.05, 4.69) is 43.4 Å². The first-order valence-corrected chi connectivity index (χ1v) is 8.39. The second kappa shape index (κ2) is 6.80. The lowest BCUT2D eigenvalue weighted by Crippen LogP contribution is -2.35. The Morgan fingerprint density at radius 1 is 1.24 bits per heavy atom. The van der Waals surface area contributed by atoms with E-state index < -0.39 is 0 Å². The highest BCUT2D eigenvalue weighted by Gasteiger charge is 2.32. The molecule has 1 heterocycles. The van der Waals surface area contributed by atoms with Crippen molar-refractivity contribution >= 4 is 0 Å². The number of hydrogen-bond acceptors (Lipinski definition) is 3. The summed E-state index contributed by atoms with van der Waals surface area (Å²) in [6, 6.07) is 8.89. The van der Waals surface area contributed by atoms with Crippen molar-refractivity contribution in [3.8, 4) is 5.75 Å². The summed E-state index contributed by atoms with van der Waals surface area (Å²) in [7, 11) is 0. The molecule has 0 aromatic heterocycles. The predicted molar refractivity (Wildman–Crippen MR) is 84.6 cm³/mol. The van der Waals surface area contributed by atoms with Crippen molar-refractivity contribution in [2.45, 2.75) is 57.8 Å². The fourth-order valence-electron chi connectivity index (χ4n) is 3.00. The first-order chi connectivity index (χ1) is 10.3. The lowest BCUT2D eigenvalue weighted by atomic mass is 9.92. The van der Waals surface area contributed by atoms with Crippen LogP contribution in [0, 0.1) is 5.92 Å². The Labute approximate surface area is 128 Å². The minimum atomic E-state index is 0.284. The van der Waals surface area contributed by atoms with Gasteiger partial charge in [0, 0.05) is 6.61 Å². The molecule has 1 aromatic rings. The predicted octanol–water partition coefficient (Wildman–Crippen LogP) is 3.69. The van der Waals surface area contributed by atoms with E-state index in [1.165, 1.54) is 18.4 Å². The van der Waals surface area contributed by atoms with Gasteiger partial charge in [0.05, 0.1) is 18.2 Å². The molecule has 0 amide bonds. The third-order valence-corrected chi connectivity index (χ3v) is 4.45. The zero-order chi connectivity index (χ0) is 14.7. The van der Waals surface area contributed by atoms with E-state index in [0.717, 1.165) is 31.7 Å². The van der Waals surface area contributed by atoms with Crippen LogP contribution >= 0.6 is 0 Å². The highest BCUT2D eigenvalue weighted by molar-refractivity contribution is 5.30.